The van der Waals surface area contributed by atoms with Crippen LogP contribution in [0.5, 0.6) is 0 Å². The molecule has 7 heteroatoms. The average molecular weight is 379 g/mol. The molecule has 0 radical (unpaired) electrons. The Morgan fingerprint density at radius 1 is 1.00 bits per heavy atom. The molecule has 0 spiro atoms. The first kappa shape index (κ1) is 20.1. The van der Waals surface area contributed by atoms with Gasteiger partial charge in [-0.2, -0.15) is 0 Å². The first-order valence-corrected chi connectivity index (χ1v) is 10.3. The van der Waals surface area contributed by atoms with Crippen LogP contribution in [-0.4, -0.2) is 54.0 Å². The van der Waals surface area contributed by atoms with Gasteiger partial charge >= 0.3 is 6.03 Å². The average Bonchev–Trinajstić information content (AvgIpc) is 2.50. The van der Waals surface area contributed by atoms with Gasteiger partial charge in [-0.25, -0.2) is 4.79 Å². The Kier molecular flexibility index (Phi) is 5.79. The van der Waals surface area contributed by atoms with Crippen LogP contribution in [0.1, 0.15) is 59.3 Å². The lowest BCUT2D eigenvalue weighted by Crippen LogP contribution is -2.62. The number of imide groups is 1. The number of likely N-dealkylation sites (N-methyl/N-ethyl adjacent to an activating group) is 1. The summed E-state index contributed by atoms with van der Waals surface area (Å²) in [6.07, 6.45) is 7.06. The van der Waals surface area contributed by atoms with Crippen molar-refractivity contribution >= 4 is 17.8 Å². The van der Waals surface area contributed by atoms with Crippen LogP contribution in [0.3, 0.4) is 0 Å². The van der Waals surface area contributed by atoms with E-state index in [2.05, 4.69) is 16.0 Å². The molecule has 7 nitrogen and oxygen atoms in total. The van der Waals surface area contributed by atoms with Crippen molar-refractivity contribution in [3.8, 4) is 0 Å². The van der Waals surface area contributed by atoms with Gasteiger partial charge in [-0.15, -0.1) is 0 Å². The van der Waals surface area contributed by atoms with Crippen molar-refractivity contribution in [2.24, 2.45) is 17.8 Å². The maximum Gasteiger partial charge on any atom is 0.321 e. The lowest BCUT2D eigenvalue weighted by atomic mass is 9.53. The van der Waals surface area contributed by atoms with Gasteiger partial charge < -0.3 is 10.6 Å². The highest BCUT2D eigenvalue weighted by molar-refractivity contribution is 5.97. The summed E-state index contributed by atoms with van der Waals surface area (Å²) in [5.41, 5.74) is -0.120. The molecule has 0 saturated heterocycles. The fraction of sp³-hybridized carbons (Fsp3) is 0.850. The smallest absolute Gasteiger partial charge is 0.321 e. The van der Waals surface area contributed by atoms with Crippen molar-refractivity contribution in [3.63, 3.8) is 0 Å². The number of carbonyl (C=O) groups is 3. The molecule has 3 N–H and O–H groups in total. The summed E-state index contributed by atoms with van der Waals surface area (Å²) in [6.45, 7) is 5.60. The Morgan fingerprint density at radius 3 is 2.00 bits per heavy atom. The Balaban J connectivity index is 1.49. The quantitative estimate of drug-likeness (QED) is 0.655. The molecule has 4 bridgehead atoms. The summed E-state index contributed by atoms with van der Waals surface area (Å²) in [4.78, 5) is 38.4. The minimum atomic E-state index is -0.565. The highest BCUT2D eigenvalue weighted by Crippen LogP contribution is 2.55. The Hall–Kier alpha value is -1.63. The van der Waals surface area contributed by atoms with Crippen LogP contribution in [0.25, 0.3) is 0 Å². The standard InChI is InChI=1S/C20H34N4O3/c1-12(2)21-17(25)11-24(4)13(3)18(26)22-19(27)23-20-8-14-5-15(9-20)7-16(6-14)10-20/h12-16H,5-11H2,1-4H3,(H,21,25)(H2,22,23,26,27)/t13-,14?,15?,16?,20?/m1/s1. The highest BCUT2D eigenvalue weighted by atomic mass is 16.2. The van der Waals surface area contributed by atoms with E-state index in [1.54, 1.807) is 18.9 Å². The van der Waals surface area contributed by atoms with E-state index in [0.29, 0.717) is 0 Å². The third-order valence-corrected chi connectivity index (χ3v) is 6.54. The Bertz CT molecular complexity index is 569. The molecular weight excluding hydrogens is 344 g/mol. The monoisotopic (exact) mass is 378 g/mol. The summed E-state index contributed by atoms with van der Waals surface area (Å²) in [7, 11) is 1.71. The first-order valence-electron chi connectivity index (χ1n) is 10.3. The van der Waals surface area contributed by atoms with Gasteiger partial charge in [0.15, 0.2) is 0 Å². The molecule has 0 aromatic heterocycles. The largest absolute Gasteiger partial charge is 0.353 e. The van der Waals surface area contributed by atoms with E-state index in [4.69, 9.17) is 0 Å². The highest BCUT2D eigenvalue weighted by Gasteiger charge is 2.51. The predicted octanol–water partition coefficient (Wildman–Crippen LogP) is 1.63. The van der Waals surface area contributed by atoms with Crippen LogP contribution >= 0.6 is 0 Å². The van der Waals surface area contributed by atoms with Gasteiger partial charge in [0, 0.05) is 11.6 Å². The molecule has 0 aromatic rings. The van der Waals surface area contributed by atoms with E-state index in [-0.39, 0.29) is 29.9 Å². The zero-order chi connectivity index (χ0) is 19.8. The second-order valence-electron chi connectivity index (χ2n) is 9.45. The molecule has 4 saturated carbocycles. The molecule has 1 atom stereocenters. The Labute approximate surface area is 162 Å². The van der Waals surface area contributed by atoms with Crippen LogP contribution in [0.2, 0.25) is 0 Å². The van der Waals surface area contributed by atoms with E-state index in [1.807, 2.05) is 13.8 Å². The molecule has 4 aliphatic rings. The molecule has 4 fully saturated rings. The van der Waals surface area contributed by atoms with Gasteiger partial charge in [-0.05, 0) is 84.1 Å². The summed E-state index contributed by atoms with van der Waals surface area (Å²) < 4.78 is 0. The number of hydrogen-bond acceptors (Lipinski definition) is 4. The maximum atomic E-state index is 12.5. The molecule has 152 valence electrons. The minimum Gasteiger partial charge on any atom is -0.353 e. The van der Waals surface area contributed by atoms with Crippen molar-refractivity contribution in [1.82, 2.24) is 20.9 Å². The van der Waals surface area contributed by atoms with E-state index in [0.717, 1.165) is 37.0 Å². The fourth-order valence-electron chi connectivity index (χ4n) is 5.68. The number of urea groups is 1. The topological polar surface area (TPSA) is 90.5 Å². The summed E-state index contributed by atoms with van der Waals surface area (Å²) >= 11 is 0. The number of rotatable bonds is 6. The van der Waals surface area contributed by atoms with Crippen molar-refractivity contribution in [2.75, 3.05) is 13.6 Å². The van der Waals surface area contributed by atoms with Crippen molar-refractivity contribution in [3.05, 3.63) is 0 Å². The predicted molar refractivity (Wildman–Crippen MR) is 103 cm³/mol. The van der Waals surface area contributed by atoms with Gasteiger partial charge in [-0.3, -0.25) is 19.8 Å². The van der Waals surface area contributed by atoms with Gasteiger partial charge in [0.2, 0.25) is 11.8 Å². The van der Waals surface area contributed by atoms with E-state index >= 15 is 0 Å². The minimum absolute atomic E-state index is 0.0566. The van der Waals surface area contributed by atoms with E-state index in [1.165, 1.54) is 19.3 Å². The lowest BCUT2D eigenvalue weighted by molar-refractivity contribution is -0.127. The van der Waals surface area contributed by atoms with Crippen LogP contribution < -0.4 is 16.0 Å². The second kappa shape index (κ2) is 7.78. The van der Waals surface area contributed by atoms with Crippen molar-refractivity contribution < 1.29 is 14.4 Å². The van der Waals surface area contributed by atoms with Gasteiger partial charge in [0.1, 0.15) is 0 Å². The molecule has 4 aliphatic carbocycles. The van der Waals surface area contributed by atoms with Gasteiger partial charge in [-0.1, -0.05) is 0 Å². The number of hydrogen-bond donors (Lipinski definition) is 3. The fourth-order valence-corrected chi connectivity index (χ4v) is 5.68. The first-order chi connectivity index (χ1) is 12.7. The van der Waals surface area contributed by atoms with Crippen LogP contribution in [-0.2, 0) is 9.59 Å². The molecule has 27 heavy (non-hydrogen) atoms. The van der Waals surface area contributed by atoms with Gasteiger partial charge in [0.25, 0.3) is 0 Å². The number of nitrogens with one attached hydrogen (secondary N) is 3. The normalized spacial score (nSPS) is 32.4. The second-order valence-corrected chi connectivity index (χ2v) is 9.45. The van der Waals surface area contributed by atoms with Crippen LogP contribution in [0.4, 0.5) is 4.79 Å². The molecule has 4 amide bonds. The van der Waals surface area contributed by atoms with E-state index in [9.17, 15) is 14.4 Å². The summed E-state index contributed by atoms with van der Waals surface area (Å²) in [5.74, 6) is 1.69. The summed E-state index contributed by atoms with van der Waals surface area (Å²) in [6, 6.07) is -0.903. The molecule has 0 aliphatic heterocycles. The number of nitrogens with zero attached hydrogens (tertiary/aromatic N) is 1. The van der Waals surface area contributed by atoms with Gasteiger partial charge in [0.05, 0.1) is 12.6 Å². The molecule has 0 heterocycles. The third kappa shape index (κ3) is 4.81. The number of amides is 4. The Morgan fingerprint density at radius 2 is 1.52 bits per heavy atom. The third-order valence-electron chi connectivity index (χ3n) is 6.54. The summed E-state index contributed by atoms with van der Waals surface area (Å²) in [5, 5.41) is 8.44. The lowest BCUT2D eigenvalue weighted by Gasteiger charge is -2.56. The molecule has 4 rings (SSSR count). The van der Waals surface area contributed by atoms with E-state index < -0.39 is 12.1 Å². The SMILES string of the molecule is CC(C)NC(=O)CN(C)[C@H](C)C(=O)NC(=O)NC12CC3CC(CC(C3)C1)C2. The van der Waals surface area contributed by atoms with Crippen LogP contribution in [0.15, 0.2) is 0 Å². The van der Waals surface area contributed by atoms with Crippen molar-refractivity contribution in [2.45, 2.75) is 76.9 Å². The van der Waals surface area contributed by atoms with Crippen LogP contribution in [0, 0.1) is 17.8 Å². The zero-order valence-corrected chi connectivity index (χ0v) is 17.0. The molecule has 0 unspecified atom stereocenters. The number of carbonyl (C=O) groups excluding carboxylic acids is 3. The maximum absolute atomic E-state index is 12.5. The molecule has 0 aromatic carbocycles. The molecular formula is C20H34N4O3. The zero-order valence-electron chi connectivity index (χ0n) is 17.0. The van der Waals surface area contributed by atoms with Crippen molar-refractivity contribution in [1.29, 1.82) is 0 Å².